The fourth-order valence-corrected chi connectivity index (χ4v) is 5.25. The number of carbonyl (C=O) groups excluding carboxylic acids is 4. The van der Waals surface area contributed by atoms with Crippen LogP contribution in [-0.4, -0.2) is 86.7 Å². The van der Waals surface area contributed by atoms with Crippen LogP contribution in [0.25, 0.3) is 0 Å². The van der Waals surface area contributed by atoms with Crippen LogP contribution in [0.2, 0.25) is 0 Å². The van der Waals surface area contributed by atoms with E-state index in [0.717, 1.165) is 11.6 Å². The molecule has 13 nitrogen and oxygen atoms in total. The van der Waals surface area contributed by atoms with E-state index in [2.05, 4.69) is 6.58 Å². The van der Waals surface area contributed by atoms with Gasteiger partial charge in [0, 0.05) is 18.7 Å². The normalized spacial score (nSPS) is 15.0. The maximum Gasteiger partial charge on any atom is 0.341 e. The maximum absolute atomic E-state index is 13.9. The Labute approximate surface area is 279 Å². The molecule has 1 N–H and O–H groups in total. The average Bonchev–Trinajstić information content (AvgIpc) is 3.10. The molecule has 48 heavy (non-hydrogen) atoms. The number of aliphatic carboxylic acids is 1. The number of carboxylic acids is 1. The molecule has 0 bridgehead atoms. The summed E-state index contributed by atoms with van der Waals surface area (Å²) in [7, 11) is 4.54. The number of piperidine rings is 1. The van der Waals surface area contributed by atoms with Gasteiger partial charge in [-0.1, -0.05) is 18.7 Å². The van der Waals surface area contributed by atoms with E-state index in [4.69, 9.17) is 33.5 Å². The molecule has 2 aromatic carbocycles. The topological polar surface area (TPSA) is 164 Å². The highest BCUT2D eigenvalue weighted by molar-refractivity contribution is 6.38. The predicted octanol–water partition coefficient (Wildman–Crippen LogP) is 4.10. The Kier molecular flexibility index (Phi) is 13.4. The van der Waals surface area contributed by atoms with Crippen molar-refractivity contribution >= 4 is 29.6 Å². The molecule has 1 amide bonds. The van der Waals surface area contributed by atoms with Gasteiger partial charge in [-0.15, -0.1) is 0 Å². The Morgan fingerprint density at radius 2 is 1.69 bits per heavy atom. The van der Waals surface area contributed by atoms with Crippen molar-refractivity contribution in [3.63, 3.8) is 0 Å². The predicted molar refractivity (Wildman–Crippen MR) is 172 cm³/mol. The summed E-state index contributed by atoms with van der Waals surface area (Å²) < 4.78 is 32.9. The molecule has 0 radical (unpaired) electrons. The molecule has 0 aromatic heterocycles. The molecule has 1 fully saturated rings. The minimum Gasteiger partial charge on any atom is -0.496 e. The first-order chi connectivity index (χ1) is 22.8. The molecular formula is C35H43NO12. The number of carboxylic acid groups (broad SMARTS) is 1. The molecule has 2 aromatic rings. The zero-order valence-corrected chi connectivity index (χ0v) is 27.9. The van der Waals surface area contributed by atoms with Crippen molar-refractivity contribution in [2.24, 2.45) is 5.41 Å². The van der Waals surface area contributed by atoms with Crippen molar-refractivity contribution in [2.75, 3.05) is 41.1 Å². The number of hydrogen-bond donors (Lipinski definition) is 1. The Hall–Kier alpha value is -5.07. The molecule has 0 saturated carbocycles. The van der Waals surface area contributed by atoms with Crippen LogP contribution in [0.3, 0.4) is 0 Å². The second-order valence-corrected chi connectivity index (χ2v) is 11.8. The monoisotopic (exact) mass is 669 g/mol. The van der Waals surface area contributed by atoms with Crippen LogP contribution < -0.4 is 18.9 Å². The summed E-state index contributed by atoms with van der Waals surface area (Å²) >= 11 is 0. The van der Waals surface area contributed by atoms with Gasteiger partial charge in [-0.2, -0.15) is 0 Å². The molecule has 3 rings (SSSR count). The quantitative estimate of drug-likeness (QED) is 0.146. The summed E-state index contributed by atoms with van der Waals surface area (Å²) in [6.45, 7) is 5.56. The van der Waals surface area contributed by atoms with Gasteiger partial charge in [-0.05, 0) is 75.3 Å². The molecular weight excluding hydrogens is 626 g/mol. The van der Waals surface area contributed by atoms with Gasteiger partial charge in [0.05, 0.1) is 26.7 Å². The lowest BCUT2D eigenvalue weighted by Gasteiger charge is -2.36. The molecule has 260 valence electrons. The van der Waals surface area contributed by atoms with E-state index in [1.165, 1.54) is 40.1 Å². The zero-order valence-electron chi connectivity index (χ0n) is 27.9. The molecule has 0 spiro atoms. The lowest BCUT2D eigenvalue weighted by molar-refractivity contribution is -0.165. The van der Waals surface area contributed by atoms with Gasteiger partial charge in [0.15, 0.2) is 18.1 Å². The minimum absolute atomic E-state index is 0.166. The van der Waals surface area contributed by atoms with E-state index in [1.807, 2.05) is 0 Å². The number of hydrogen-bond acceptors (Lipinski definition) is 11. The molecule has 1 aliphatic heterocycles. The molecule has 1 heterocycles. The van der Waals surface area contributed by atoms with Gasteiger partial charge in [0.25, 0.3) is 5.91 Å². The maximum atomic E-state index is 13.9. The van der Waals surface area contributed by atoms with Crippen molar-refractivity contribution in [3.05, 3.63) is 60.2 Å². The van der Waals surface area contributed by atoms with Crippen molar-refractivity contribution in [1.82, 2.24) is 4.90 Å². The first-order valence-corrected chi connectivity index (χ1v) is 15.4. The highest BCUT2D eigenvalue weighted by Crippen LogP contribution is 2.37. The number of rotatable bonds is 17. The second-order valence-electron chi connectivity index (χ2n) is 11.8. The largest absolute Gasteiger partial charge is 0.496 e. The number of ketones is 1. The van der Waals surface area contributed by atoms with Gasteiger partial charge in [0.1, 0.15) is 30.3 Å². The van der Waals surface area contributed by atoms with Gasteiger partial charge in [0.2, 0.25) is 5.78 Å². The summed E-state index contributed by atoms with van der Waals surface area (Å²) in [6, 6.07) is 8.98. The fraction of sp³-hybridized carbons (Fsp3) is 0.457. The number of carbonyl (C=O) groups is 5. The second kappa shape index (κ2) is 17.2. The van der Waals surface area contributed by atoms with Crippen molar-refractivity contribution in [3.8, 4) is 23.0 Å². The third kappa shape index (κ3) is 9.72. The molecule has 2 atom stereocenters. The highest BCUT2D eigenvalue weighted by Gasteiger charge is 2.42. The summed E-state index contributed by atoms with van der Waals surface area (Å²) in [6.07, 6.45) is 2.19. The van der Waals surface area contributed by atoms with Crippen LogP contribution in [0.15, 0.2) is 49.1 Å². The third-order valence-corrected chi connectivity index (χ3v) is 7.90. The van der Waals surface area contributed by atoms with Gasteiger partial charge < -0.3 is 38.4 Å². The average molecular weight is 670 g/mol. The third-order valence-electron chi connectivity index (χ3n) is 7.90. The Morgan fingerprint density at radius 1 is 1.00 bits per heavy atom. The number of aryl methyl sites for hydroxylation is 1. The van der Waals surface area contributed by atoms with Crippen LogP contribution in [0, 0.1) is 5.41 Å². The summed E-state index contributed by atoms with van der Waals surface area (Å²) in [5, 5.41) is 9.07. The van der Waals surface area contributed by atoms with E-state index < -0.39 is 53.8 Å². The standard InChI is InChI=1S/C35H43NO12/c1-7-31(39)47-21-35(2,3)32(40)33(41)36-16-9-8-13-25(36)34(42)48-26(22-11-10-12-24(17-22)46-20-30(37)38)15-14-23-18-28(44-5)29(45-6)19-27(23)43-4/h7,10-12,17-19,25-26H,1,8-9,13-16,20-21H2,2-6H3,(H,37,38)/t25?,26-/m1/s1. The Bertz CT molecular complexity index is 1500. The first-order valence-electron chi connectivity index (χ1n) is 15.4. The summed E-state index contributed by atoms with van der Waals surface area (Å²) in [4.78, 5) is 64.6. The molecule has 1 unspecified atom stereocenters. The lowest BCUT2D eigenvalue weighted by Crippen LogP contribution is -2.53. The van der Waals surface area contributed by atoms with Gasteiger partial charge in [-0.25, -0.2) is 14.4 Å². The lowest BCUT2D eigenvalue weighted by atomic mass is 9.87. The Morgan fingerprint density at radius 3 is 2.33 bits per heavy atom. The molecule has 1 aliphatic rings. The van der Waals surface area contributed by atoms with Crippen molar-refractivity contribution in [1.29, 1.82) is 0 Å². The summed E-state index contributed by atoms with van der Waals surface area (Å²) in [5.74, 6) is -2.50. The Balaban J connectivity index is 1.90. The van der Waals surface area contributed by atoms with Crippen molar-refractivity contribution in [2.45, 2.75) is 58.1 Å². The smallest absolute Gasteiger partial charge is 0.341 e. The van der Waals surface area contributed by atoms with Crippen LogP contribution in [-0.2, 0) is 39.9 Å². The molecule has 0 aliphatic carbocycles. The zero-order chi connectivity index (χ0) is 35.4. The fourth-order valence-electron chi connectivity index (χ4n) is 5.25. The van der Waals surface area contributed by atoms with E-state index in [9.17, 15) is 24.0 Å². The van der Waals surface area contributed by atoms with Gasteiger partial charge in [-0.3, -0.25) is 9.59 Å². The minimum atomic E-state index is -1.35. The molecule has 13 heteroatoms. The number of ether oxygens (including phenoxy) is 6. The summed E-state index contributed by atoms with van der Waals surface area (Å²) in [5.41, 5.74) is -0.0754. The number of likely N-dealkylation sites (tertiary alicyclic amines) is 1. The highest BCUT2D eigenvalue weighted by atomic mass is 16.5. The van der Waals surface area contributed by atoms with Crippen molar-refractivity contribution < 1.29 is 57.5 Å². The van der Waals surface area contributed by atoms with E-state index in [1.54, 1.807) is 36.4 Å². The van der Waals surface area contributed by atoms with Gasteiger partial charge >= 0.3 is 17.9 Å². The number of benzene rings is 2. The number of nitrogens with zero attached hydrogens (tertiary/aromatic N) is 1. The first kappa shape index (κ1) is 37.4. The van der Waals surface area contributed by atoms with E-state index in [-0.39, 0.29) is 31.7 Å². The number of Topliss-reactive ketones (excluding diaryl/α,β-unsaturated/α-hetero) is 1. The van der Waals surface area contributed by atoms with Crippen LogP contribution in [0.5, 0.6) is 23.0 Å². The van der Waals surface area contributed by atoms with E-state index >= 15 is 0 Å². The SMILES string of the molecule is C=CC(=O)OCC(C)(C)C(=O)C(=O)N1CCCCC1C(=O)O[C@H](CCc1cc(OC)c(OC)cc1OC)c1cccc(OCC(=O)O)c1. The number of amides is 1. The van der Waals surface area contributed by atoms with Crippen LogP contribution >= 0.6 is 0 Å². The number of esters is 2. The van der Waals surface area contributed by atoms with Crippen LogP contribution in [0.4, 0.5) is 0 Å². The number of methoxy groups -OCH3 is 3. The van der Waals surface area contributed by atoms with E-state index in [0.29, 0.717) is 42.1 Å². The molecule has 1 saturated heterocycles. The van der Waals surface area contributed by atoms with Crippen LogP contribution in [0.1, 0.15) is 56.8 Å².